The van der Waals surface area contributed by atoms with E-state index in [1.165, 1.54) is 19.3 Å². The van der Waals surface area contributed by atoms with Crippen molar-refractivity contribution < 1.29 is 4.74 Å². The Morgan fingerprint density at radius 1 is 1.18 bits per heavy atom. The van der Waals surface area contributed by atoms with Crippen LogP contribution in [0.15, 0.2) is 0 Å². The van der Waals surface area contributed by atoms with Crippen LogP contribution in [0.2, 0.25) is 0 Å². The van der Waals surface area contributed by atoms with Crippen molar-refractivity contribution in [2.24, 2.45) is 0 Å². The zero-order chi connectivity index (χ0) is 12.1. The molecule has 6 heteroatoms. The second-order valence-corrected chi connectivity index (χ2v) is 4.16. The Labute approximate surface area is 101 Å². The first kappa shape index (κ1) is 12.0. The number of anilines is 1. The van der Waals surface area contributed by atoms with Crippen LogP contribution in [0.25, 0.3) is 0 Å². The molecule has 1 fully saturated rings. The Morgan fingerprint density at radius 3 is 2.65 bits per heavy atom. The fourth-order valence-electron chi connectivity index (χ4n) is 2.00. The van der Waals surface area contributed by atoms with Gasteiger partial charge in [-0.25, -0.2) is 0 Å². The number of aromatic nitrogens is 3. The van der Waals surface area contributed by atoms with E-state index in [4.69, 9.17) is 10.5 Å². The molecule has 1 aliphatic heterocycles. The number of hydrogen-bond donors (Lipinski definition) is 1. The van der Waals surface area contributed by atoms with Crippen LogP contribution in [-0.4, -0.2) is 39.5 Å². The number of rotatable bonds is 4. The van der Waals surface area contributed by atoms with E-state index >= 15 is 0 Å². The van der Waals surface area contributed by atoms with Gasteiger partial charge in [0.15, 0.2) is 5.82 Å². The Balaban J connectivity index is 2.03. The van der Waals surface area contributed by atoms with E-state index in [1.54, 1.807) is 0 Å². The summed E-state index contributed by atoms with van der Waals surface area (Å²) in [6.07, 6.45) is 3.82. The summed E-state index contributed by atoms with van der Waals surface area (Å²) in [5.74, 6) is 0.929. The van der Waals surface area contributed by atoms with Crippen LogP contribution < -0.4 is 10.5 Å². The highest BCUT2D eigenvalue weighted by Crippen LogP contribution is 2.12. The molecule has 2 rings (SSSR count). The van der Waals surface area contributed by atoms with Crippen LogP contribution >= 0.6 is 0 Å². The van der Waals surface area contributed by atoms with Gasteiger partial charge in [0.2, 0.25) is 5.95 Å². The Kier molecular flexibility index (Phi) is 4.08. The van der Waals surface area contributed by atoms with Gasteiger partial charge in [-0.2, -0.15) is 15.0 Å². The summed E-state index contributed by atoms with van der Waals surface area (Å²) in [6.45, 7) is 5.37. The molecule has 6 nitrogen and oxygen atoms in total. The first-order valence-electron chi connectivity index (χ1n) is 6.13. The molecule has 0 aromatic carbocycles. The normalized spacial score (nSPS) is 17.0. The minimum absolute atomic E-state index is 0.232. The van der Waals surface area contributed by atoms with Gasteiger partial charge in [0, 0.05) is 0 Å². The highest BCUT2D eigenvalue weighted by Gasteiger charge is 2.13. The van der Waals surface area contributed by atoms with Crippen LogP contribution in [0.1, 0.15) is 32.0 Å². The van der Waals surface area contributed by atoms with E-state index < -0.39 is 0 Å². The average Bonchev–Trinajstić information content (AvgIpc) is 2.30. The zero-order valence-electron chi connectivity index (χ0n) is 10.2. The second-order valence-electron chi connectivity index (χ2n) is 4.16. The Bertz CT molecular complexity index is 365. The van der Waals surface area contributed by atoms with Gasteiger partial charge in [-0.3, -0.25) is 4.90 Å². The Morgan fingerprint density at radius 2 is 1.94 bits per heavy atom. The van der Waals surface area contributed by atoms with Crippen LogP contribution in [-0.2, 0) is 6.54 Å². The summed E-state index contributed by atoms with van der Waals surface area (Å²) in [5.41, 5.74) is 5.63. The SMILES string of the molecule is CCOc1nc(N)nc(CN2CCCCC2)n1. The van der Waals surface area contributed by atoms with Gasteiger partial charge in [-0.1, -0.05) is 6.42 Å². The maximum absolute atomic E-state index is 5.63. The van der Waals surface area contributed by atoms with Crippen molar-refractivity contribution >= 4 is 5.95 Å². The maximum atomic E-state index is 5.63. The van der Waals surface area contributed by atoms with Crippen molar-refractivity contribution in [2.75, 3.05) is 25.4 Å². The predicted octanol–water partition coefficient (Wildman–Crippen LogP) is 0.838. The molecule has 0 amide bonds. The van der Waals surface area contributed by atoms with E-state index in [9.17, 15) is 0 Å². The third-order valence-electron chi connectivity index (χ3n) is 2.77. The van der Waals surface area contributed by atoms with Crippen molar-refractivity contribution in [3.8, 4) is 6.01 Å². The topological polar surface area (TPSA) is 77.2 Å². The van der Waals surface area contributed by atoms with Crippen molar-refractivity contribution in [3.05, 3.63) is 5.82 Å². The lowest BCUT2D eigenvalue weighted by Crippen LogP contribution is -2.30. The van der Waals surface area contributed by atoms with E-state index in [2.05, 4.69) is 19.9 Å². The van der Waals surface area contributed by atoms with E-state index in [0.717, 1.165) is 19.6 Å². The molecule has 1 aliphatic rings. The van der Waals surface area contributed by atoms with E-state index in [1.807, 2.05) is 6.92 Å². The summed E-state index contributed by atoms with van der Waals surface area (Å²) in [7, 11) is 0. The molecule has 0 bridgehead atoms. The average molecular weight is 237 g/mol. The summed E-state index contributed by atoms with van der Waals surface area (Å²) < 4.78 is 5.26. The quantitative estimate of drug-likeness (QED) is 0.836. The number of ether oxygens (including phenoxy) is 1. The van der Waals surface area contributed by atoms with Gasteiger partial charge in [0.25, 0.3) is 0 Å². The molecule has 1 saturated heterocycles. The largest absolute Gasteiger partial charge is 0.464 e. The van der Waals surface area contributed by atoms with Crippen molar-refractivity contribution in [1.29, 1.82) is 0 Å². The number of likely N-dealkylation sites (tertiary alicyclic amines) is 1. The van der Waals surface area contributed by atoms with Gasteiger partial charge >= 0.3 is 6.01 Å². The molecule has 0 radical (unpaired) electrons. The third-order valence-corrected chi connectivity index (χ3v) is 2.77. The number of nitrogen functional groups attached to an aromatic ring is 1. The lowest BCUT2D eigenvalue weighted by Gasteiger charge is -2.25. The maximum Gasteiger partial charge on any atom is 0.321 e. The van der Waals surface area contributed by atoms with Gasteiger partial charge < -0.3 is 10.5 Å². The smallest absolute Gasteiger partial charge is 0.321 e. The lowest BCUT2D eigenvalue weighted by atomic mass is 10.1. The van der Waals surface area contributed by atoms with Gasteiger partial charge in [-0.05, 0) is 32.9 Å². The zero-order valence-corrected chi connectivity index (χ0v) is 10.2. The molecule has 1 aromatic rings. The minimum Gasteiger partial charge on any atom is -0.464 e. The van der Waals surface area contributed by atoms with E-state index in [0.29, 0.717) is 18.4 Å². The van der Waals surface area contributed by atoms with Crippen LogP contribution in [0.4, 0.5) is 5.95 Å². The molecular formula is C11H19N5O. The number of hydrogen-bond acceptors (Lipinski definition) is 6. The number of piperidine rings is 1. The summed E-state index contributed by atoms with van der Waals surface area (Å²) in [6, 6.07) is 0.326. The van der Waals surface area contributed by atoms with Gasteiger partial charge in [0.05, 0.1) is 13.2 Å². The van der Waals surface area contributed by atoms with Crippen molar-refractivity contribution in [1.82, 2.24) is 19.9 Å². The molecule has 0 saturated carbocycles. The van der Waals surface area contributed by atoms with Crippen molar-refractivity contribution in [3.63, 3.8) is 0 Å². The van der Waals surface area contributed by atoms with Crippen LogP contribution in [0.3, 0.4) is 0 Å². The molecule has 17 heavy (non-hydrogen) atoms. The van der Waals surface area contributed by atoms with Gasteiger partial charge in [-0.15, -0.1) is 0 Å². The first-order valence-corrected chi connectivity index (χ1v) is 6.13. The number of nitrogens with two attached hydrogens (primary N) is 1. The molecule has 0 atom stereocenters. The van der Waals surface area contributed by atoms with Crippen molar-refractivity contribution in [2.45, 2.75) is 32.7 Å². The predicted molar refractivity (Wildman–Crippen MR) is 64.5 cm³/mol. The standard InChI is InChI=1S/C11H19N5O/c1-2-17-11-14-9(13-10(12)15-11)8-16-6-4-3-5-7-16/h2-8H2,1H3,(H2,12,13,14,15). The summed E-state index contributed by atoms with van der Waals surface area (Å²) in [5, 5.41) is 0. The first-order chi connectivity index (χ1) is 8.28. The molecule has 0 aliphatic carbocycles. The molecule has 1 aromatic heterocycles. The monoisotopic (exact) mass is 237 g/mol. The van der Waals surface area contributed by atoms with Crippen LogP contribution in [0.5, 0.6) is 6.01 Å². The third kappa shape index (κ3) is 3.52. The highest BCUT2D eigenvalue weighted by atomic mass is 16.5. The fourth-order valence-corrected chi connectivity index (χ4v) is 2.00. The molecular weight excluding hydrogens is 218 g/mol. The van der Waals surface area contributed by atoms with E-state index in [-0.39, 0.29) is 5.95 Å². The molecule has 2 N–H and O–H groups in total. The molecule has 0 unspecified atom stereocenters. The fraction of sp³-hybridized carbons (Fsp3) is 0.727. The highest BCUT2D eigenvalue weighted by molar-refractivity contribution is 5.18. The second kappa shape index (κ2) is 5.77. The number of nitrogens with zero attached hydrogens (tertiary/aromatic N) is 4. The minimum atomic E-state index is 0.232. The summed E-state index contributed by atoms with van der Waals surface area (Å²) in [4.78, 5) is 14.7. The van der Waals surface area contributed by atoms with Crippen LogP contribution in [0, 0.1) is 0 Å². The Hall–Kier alpha value is -1.43. The molecule has 94 valence electrons. The lowest BCUT2D eigenvalue weighted by molar-refractivity contribution is 0.214. The molecule has 0 spiro atoms. The molecule has 2 heterocycles. The van der Waals surface area contributed by atoms with Gasteiger partial charge in [0.1, 0.15) is 0 Å². The summed E-state index contributed by atoms with van der Waals surface area (Å²) >= 11 is 0.